The van der Waals surface area contributed by atoms with Crippen LogP contribution < -0.4 is 5.32 Å². The van der Waals surface area contributed by atoms with Gasteiger partial charge in [-0.2, -0.15) is 0 Å². The summed E-state index contributed by atoms with van der Waals surface area (Å²) in [6, 6.07) is 18.5. The molecular formula is C20H22N4OS. The minimum Gasteiger partial charge on any atom is -0.349 e. The second-order valence-corrected chi connectivity index (χ2v) is 6.92. The molecule has 134 valence electrons. The minimum absolute atomic E-state index is 0.00180. The summed E-state index contributed by atoms with van der Waals surface area (Å²) in [6.07, 6.45) is 0.453. The fourth-order valence-electron chi connectivity index (χ4n) is 2.49. The Balaban J connectivity index is 1.86. The molecule has 0 atom stereocenters. The summed E-state index contributed by atoms with van der Waals surface area (Å²) in [6.45, 7) is 4.25. The molecule has 0 radical (unpaired) electrons. The molecule has 0 bridgehead atoms. The summed E-state index contributed by atoms with van der Waals surface area (Å²) < 4.78 is 2.02. The van der Waals surface area contributed by atoms with Crippen molar-refractivity contribution in [2.75, 3.05) is 0 Å². The Morgan fingerprint density at radius 2 is 1.81 bits per heavy atom. The van der Waals surface area contributed by atoms with Gasteiger partial charge in [0.1, 0.15) is 0 Å². The van der Waals surface area contributed by atoms with Gasteiger partial charge < -0.3 is 5.32 Å². The van der Waals surface area contributed by atoms with E-state index < -0.39 is 0 Å². The Hall–Kier alpha value is -2.60. The molecule has 0 spiro atoms. The van der Waals surface area contributed by atoms with E-state index in [-0.39, 0.29) is 5.91 Å². The third-order valence-electron chi connectivity index (χ3n) is 3.97. The highest BCUT2D eigenvalue weighted by Crippen LogP contribution is 2.25. The Kier molecular flexibility index (Phi) is 6.07. The number of aryl methyl sites for hydroxylation is 1. The summed E-state index contributed by atoms with van der Waals surface area (Å²) in [4.78, 5) is 11.6. The SMILES string of the molecule is CCC(=O)NCc1nnc(SCc2ccccc2)n1-c1ccc(C)cc1. The van der Waals surface area contributed by atoms with Crippen LogP contribution in [0.1, 0.15) is 30.3 Å². The number of amides is 1. The third-order valence-corrected chi connectivity index (χ3v) is 4.97. The maximum absolute atomic E-state index is 11.6. The van der Waals surface area contributed by atoms with Crippen LogP contribution in [0.2, 0.25) is 0 Å². The van der Waals surface area contributed by atoms with Gasteiger partial charge in [-0.3, -0.25) is 9.36 Å². The lowest BCUT2D eigenvalue weighted by Gasteiger charge is -2.11. The quantitative estimate of drug-likeness (QED) is 0.645. The van der Waals surface area contributed by atoms with Crippen molar-refractivity contribution in [3.63, 3.8) is 0 Å². The monoisotopic (exact) mass is 366 g/mol. The highest BCUT2D eigenvalue weighted by atomic mass is 32.2. The van der Waals surface area contributed by atoms with Gasteiger partial charge in [0.05, 0.1) is 6.54 Å². The van der Waals surface area contributed by atoms with Gasteiger partial charge in [0.15, 0.2) is 11.0 Å². The molecule has 1 heterocycles. The van der Waals surface area contributed by atoms with E-state index in [1.165, 1.54) is 11.1 Å². The van der Waals surface area contributed by atoms with Gasteiger partial charge in [-0.25, -0.2) is 0 Å². The lowest BCUT2D eigenvalue weighted by Crippen LogP contribution is -2.23. The van der Waals surface area contributed by atoms with Crippen molar-refractivity contribution >= 4 is 17.7 Å². The van der Waals surface area contributed by atoms with Crippen LogP contribution in [0.5, 0.6) is 0 Å². The fraction of sp³-hybridized carbons (Fsp3) is 0.250. The number of aromatic nitrogens is 3. The van der Waals surface area contributed by atoms with Crippen LogP contribution in [0.4, 0.5) is 0 Å². The van der Waals surface area contributed by atoms with Gasteiger partial charge in [0.25, 0.3) is 0 Å². The normalized spacial score (nSPS) is 10.7. The predicted octanol–water partition coefficient (Wildman–Crippen LogP) is 3.89. The van der Waals surface area contributed by atoms with Gasteiger partial charge in [0.2, 0.25) is 5.91 Å². The van der Waals surface area contributed by atoms with Crippen molar-refractivity contribution in [1.29, 1.82) is 0 Å². The Morgan fingerprint density at radius 1 is 1.08 bits per heavy atom. The van der Waals surface area contributed by atoms with Gasteiger partial charge >= 0.3 is 0 Å². The molecule has 0 aliphatic carbocycles. The summed E-state index contributed by atoms with van der Waals surface area (Å²) in [5.74, 6) is 1.54. The molecule has 0 unspecified atom stereocenters. The summed E-state index contributed by atoms with van der Waals surface area (Å²) in [5, 5.41) is 12.4. The maximum Gasteiger partial charge on any atom is 0.220 e. The summed E-state index contributed by atoms with van der Waals surface area (Å²) >= 11 is 1.64. The topological polar surface area (TPSA) is 59.8 Å². The number of rotatable bonds is 7. The Morgan fingerprint density at radius 3 is 2.50 bits per heavy atom. The molecule has 5 nitrogen and oxygen atoms in total. The van der Waals surface area contributed by atoms with Crippen LogP contribution >= 0.6 is 11.8 Å². The molecule has 1 N–H and O–H groups in total. The highest BCUT2D eigenvalue weighted by molar-refractivity contribution is 7.98. The van der Waals surface area contributed by atoms with E-state index in [0.717, 1.165) is 22.4 Å². The van der Waals surface area contributed by atoms with Crippen molar-refractivity contribution in [2.45, 2.75) is 37.7 Å². The first-order valence-electron chi connectivity index (χ1n) is 8.62. The van der Waals surface area contributed by atoms with Crippen LogP contribution in [0, 0.1) is 6.92 Å². The Labute approximate surface area is 157 Å². The Bertz CT molecular complexity index is 859. The molecule has 1 amide bonds. The lowest BCUT2D eigenvalue weighted by atomic mass is 10.2. The molecule has 0 saturated carbocycles. The van der Waals surface area contributed by atoms with Crippen LogP contribution in [-0.4, -0.2) is 20.7 Å². The molecule has 0 aliphatic heterocycles. The first kappa shape index (κ1) is 18.2. The molecule has 3 rings (SSSR count). The first-order valence-corrected chi connectivity index (χ1v) is 9.60. The molecule has 0 fully saturated rings. The van der Waals surface area contributed by atoms with Crippen LogP contribution in [0.15, 0.2) is 59.8 Å². The molecule has 0 aliphatic rings. The second kappa shape index (κ2) is 8.67. The largest absolute Gasteiger partial charge is 0.349 e. The molecule has 2 aromatic carbocycles. The highest BCUT2D eigenvalue weighted by Gasteiger charge is 2.15. The van der Waals surface area contributed by atoms with E-state index in [1.54, 1.807) is 11.8 Å². The number of hydrogen-bond donors (Lipinski definition) is 1. The third kappa shape index (κ3) is 4.52. The number of nitrogens with one attached hydrogen (secondary N) is 1. The average Bonchev–Trinajstić information content (AvgIpc) is 3.08. The number of hydrogen-bond acceptors (Lipinski definition) is 4. The van der Waals surface area contributed by atoms with Crippen molar-refractivity contribution < 1.29 is 4.79 Å². The number of nitrogens with zero attached hydrogens (tertiary/aromatic N) is 3. The molecule has 6 heteroatoms. The minimum atomic E-state index is 0.00180. The van der Waals surface area contributed by atoms with Crippen molar-refractivity contribution in [1.82, 2.24) is 20.1 Å². The molecule has 0 saturated heterocycles. The van der Waals surface area contributed by atoms with Gasteiger partial charge in [-0.1, -0.05) is 66.7 Å². The van der Waals surface area contributed by atoms with Gasteiger partial charge in [0, 0.05) is 17.9 Å². The smallest absolute Gasteiger partial charge is 0.220 e. The lowest BCUT2D eigenvalue weighted by molar-refractivity contribution is -0.120. The van der Waals surface area contributed by atoms with E-state index in [1.807, 2.05) is 29.7 Å². The van der Waals surface area contributed by atoms with Gasteiger partial charge in [-0.15, -0.1) is 10.2 Å². The fourth-order valence-corrected chi connectivity index (χ4v) is 3.41. The number of thioether (sulfide) groups is 1. The van der Waals surface area contributed by atoms with E-state index in [2.05, 4.69) is 58.8 Å². The summed E-state index contributed by atoms with van der Waals surface area (Å²) in [5.41, 5.74) is 3.43. The number of carbonyl (C=O) groups excluding carboxylic acids is 1. The number of carbonyl (C=O) groups is 1. The zero-order chi connectivity index (χ0) is 18.4. The zero-order valence-electron chi connectivity index (χ0n) is 15.0. The second-order valence-electron chi connectivity index (χ2n) is 5.97. The van der Waals surface area contributed by atoms with Crippen LogP contribution in [0.3, 0.4) is 0 Å². The molecule has 26 heavy (non-hydrogen) atoms. The number of benzene rings is 2. The average molecular weight is 366 g/mol. The van der Waals surface area contributed by atoms with E-state index in [0.29, 0.717) is 13.0 Å². The maximum atomic E-state index is 11.6. The van der Waals surface area contributed by atoms with Crippen molar-refractivity contribution in [3.05, 3.63) is 71.5 Å². The summed E-state index contributed by atoms with van der Waals surface area (Å²) in [7, 11) is 0. The predicted molar refractivity (Wildman–Crippen MR) is 104 cm³/mol. The molecule has 3 aromatic rings. The van der Waals surface area contributed by atoms with Crippen molar-refractivity contribution in [2.24, 2.45) is 0 Å². The molecular weight excluding hydrogens is 344 g/mol. The first-order chi connectivity index (χ1) is 12.7. The van der Waals surface area contributed by atoms with Crippen LogP contribution in [-0.2, 0) is 17.1 Å². The van der Waals surface area contributed by atoms with E-state index >= 15 is 0 Å². The van der Waals surface area contributed by atoms with Crippen LogP contribution in [0.25, 0.3) is 5.69 Å². The standard InChI is InChI=1S/C20H22N4OS/c1-3-19(25)21-13-18-22-23-20(26-14-16-7-5-4-6-8-16)24(18)17-11-9-15(2)10-12-17/h4-12H,3,13-14H2,1-2H3,(H,21,25). The van der Waals surface area contributed by atoms with Crippen molar-refractivity contribution in [3.8, 4) is 5.69 Å². The van der Waals surface area contributed by atoms with E-state index in [9.17, 15) is 4.79 Å². The van der Waals surface area contributed by atoms with Gasteiger partial charge in [-0.05, 0) is 24.6 Å². The molecule has 1 aromatic heterocycles. The zero-order valence-corrected chi connectivity index (χ0v) is 15.8. The van der Waals surface area contributed by atoms with E-state index in [4.69, 9.17) is 0 Å².